The second-order valence-corrected chi connectivity index (χ2v) is 4.45. The number of likely N-dealkylation sites (tertiary alicyclic amines) is 1. The van der Waals surface area contributed by atoms with Crippen LogP contribution in [0, 0.1) is 0 Å². The standard InChI is InChI=1S/C14H18N2O/c1-2-11-5-7-12(8-6-11)10-16-9-3-4-13(15)14(16)17/h2,5-8,13H,1,3-4,9-10,15H2. The molecule has 1 heterocycles. The maximum Gasteiger partial charge on any atom is 0.239 e. The minimum absolute atomic E-state index is 0.0732. The zero-order valence-electron chi connectivity index (χ0n) is 9.93. The molecule has 1 atom stereocenters. The molecule has 3 nitrogen and oxygen atoms in total. The maximum absolute atomic E-state index is 11.8. The average molecular weight is 230 g/mol. The van der Waals surface area contributed by atoms with Crippen molar-refractivity contribution in [1.82, 2.24) is 4.90 Å². The van der Waals surface area contributed by atoms with Gasteiger partial charge in [-0.15, -0.1) is 0 Å². The number of amides is 1. The van der Waals surface area contributed by atoms with Gasteiger partial charge >= 0.3 is 0 Å². The molecule has 1 aliphatic rings. The molecule has 1 aliphatic heterocycles. The van der Waals surface area contributed by atoms with Crippen molar-refractivity contribution < 1.29 is 4.79 Å². The Hall–Kier alpha value is -1.61. The first-order valence-corrected chi connectivity index (χ1v) is 5.96. The summed E-state index contributed by atoms with van der Waals surface area (Å²) in [5.41, 5.74) is 7.99. The number of hydrogen-bond donors (Lipinski definition) is 1. The van der Waals surface area contributed by atoms with Crippen LogP contribution in [0.2, 0.25) is 0 Å². The summed E-state index contributed by atoms with van der Waals surface area (Å²) in [5.74, 6) is 0.0732. The lowest BCUT2D eigenvalue weighted by atomic mass is 10.0. The Labute approximate surface area is 102 Å². The third kappa shape index (κ3) is 2.74. The zero-order chi connectivity index (χ0) is 12.3. The van der Waals surface area contributed by atoms with Crippen molar-refractivity contribution in [2.45, 2.75) is 25.4 Å². The smallest absolute Gasteiger partial charge is 0.239 e. The Bertz CT molecular complexity index is 411. The molecule has 0 spiro atoms. The fourth-order valence-corrected chi connectivity index (χ4v) is 2.11. The highest BCUT2D eigenvalue weighted by molar-refractivity contribution is 5.82. The summed E-state index contributed by atoms with van der Waals surface area (Å²) in [4.78, 5) is 13.7. The third-order valence-corrected chi connectivity index (χ3v) is 3.16. The minimum atomic E-state index is -0.309. The van der Waals surface area contributed by atoms with Crippen LogP contribution >= 0.6 is 0 Å². The Morgan fingerprint density at radius 3 is 2.76 bits per heavy atom. The van der Waals surface area contributed by atoms with Crippen LogP contribution < -0.4 is 5.73 Å². The van der Waals surface area contributed by atoms with Gasteiger partial charge in [0, 0.05) is 13.1 Å². The first-order valence-electron chi connectivity index (χ1n) is 5.96. The van der Waals surface area contributed by atoms with Gasteiger partial charge in [-0.1, -0.05) is 36.9 Å². The van der Waals surface area contributed by atoms with Gasteiger partial charge in [0.2, 0.25) is 5.91 Å². The monoisotopic (exact) mass is 230 g/mol. The molecule has 0 aromatic heterocycles. The Balaban J connectivity index is 2.04. The number of nitrogens with two attached hydrogens (primary N) is 1. The number of benzene rings is 1. The van der Waals surface area contributed by atoms with Crippen molar-refractivity contribution in [2.75, 3.05) is 6.54 Å². The molecule has 0 saturated carbocycles. The molecule has 90 valence electrons. The molecule has 2 N–H and O–H groups in total. The first-order chi connectivity index (χ1) is 8.20. The van der Waals surface area contributed by atoms with Crippen LogP contribution in [0.15, 0.2) is 30.8 Å². The third-order valence-electron chi connectivity index (χ3n) is 3.16. The molecule has 1 unspecified atom stereocenters. The van der Waals surface area contributed by atoms with E-state index in [0.717, 1.165) is 30.5 Å². The van der Waals surface area contributed by atoms with Gasteiger partial charge in [-0.25, -0.2) is 0 Å². The Kier molecular flexibility index (Phi) is 3.59. The number of nitrogens with zero attached hydrogens (tertiary/aromatic N) is 1. The van der Waals surface area contributed by atoms with Crippen molar-refractivity contribution in [3.05, 3.63) is 42.0 Å². The lowest BCUT2D eigenvalue weighted by Gasteiger charge is -2.30. The summed E-state index contributed by atoms with van der Waals surface area (Å²) in [7, 11) is 0. The van der Waals surface area contributed by atoms with Crippen LogP contribution in [0.1, 0.15) is 24.0 Å². The van der Waals surface area contributed by atoms with E-state index in [1.165, 1.54) is 0 Å². The predicted molar refractivity (Wildman–Crippen MR) is 69.2 cm³/mol. The first kappa shape index (κ1) is 11.9. The molecule has 1 amide bonds. The van der Waals surface area contributed by atoms with Crippen molar-refractivity contribution in [3.8, 4) is 0 Å². The topological polar surface area (TPSA) is 46.3 Å². The normalized spacial score (nSPS) is 20.4. The van der Waals surface area contributed by atoms with Crippen LogP contribution in [0.3, 0.4) is 0 Å². The number of carbonyl (C=O) groups excluding carboxylic acids is 1. The van der Waals surface area contributed by atoms with Crippen LogP contribution in [-0.4, -0.2) is 23.4 Å². The lowest BCUT2D eigenvalue weighted by molar-refractivity contribution is -0.135. The van der Waals surface area contributed by atoms with Crippen molar-refractivity contribution in [2.24, 2.45) is 5.73 Å². The van der Waals surface area contributed by atoms with E-state index in [2.05, 4.69) is 6.58 Å². The molecule has 3 heteroatoms. The quantitative estimate of drug-likeness (QED) is 0.860. The van der Waals surface area contributed by atoms with Gasteiger partial charge in [-0.05, 0) is 24.0 Å². The van der Waals surface area contributed by atoms with Crippen LogP contribution in [0.4, 0.5) is 0 Å². The number of carbonyl (C=O) groups is 1. The summed E-state index contributed by atoms with van der Waals surface area (Å²) in [6.07, 6.45) is 3.62. The van der Waals surface area contributed by atoms with Gasteiger partial charge in [-0.3, -0.25) is 4.79 Å². The van der Waals surface area contributed by atoms with E-state index in [9.17, 15) is 4.79 Å². The van der Waals surface area contributed by atoms with Gasteiger partial charge in [0.05, 0.1) is 6.04 Å². The van der Waals surface area contributed by atoms with Gasteiger partial charge in [0.1, 0.15) is 0 Å². The molecule has 0 radical (unpaired) electrons. The largest absolute Gasteiger partial charge is 0.337 e. The summed E-state index contributed by atoms with van der Waals surface area (Å²) < 4.78 is 0. The second kappa shape index (κ2) is 5.15. The predicted octanol–water partition coefficient (Wildman–Crippen LogP) is 1.78. The molecule has 1 aromatic carbocycles. The van der Waals surface area contributed by atoms with Crippen molar-refractivity contribution >= 4 is 12.0 Å². The van der Waals surface area contributed by atoms with Crippen molar-refractivity contribution in [3.63, 3.8) is 0 Å². The fourth-order valence-electron chi connectivity index (χ4n) is 2.11. The van der Waals surface area contributed by atoms with E-state index in [1.807, 2.05) is 35.2 Å². The maximum atomic E-state index is 11.8. The fraction of sp³-hybridized carbons (Fsp3) is 0.357. The van der Waals surface area contributed by atoms with Gasteiger partial charge in [0.25, 0.3) is 0 Å². The molecular formula is C14H18N2O. The Morgan fingerprint density at radius 2 is 2.12 bits per heavy atom. The van der Waals surface area contributed by atoms with E-state index >= 15 is 0 Å². The summed E-state index contributed by atoms with van der Waals surface area (Å²) in [6, 6.07) is 7.78. The molecule has 2 rings (SSSR count). The molecule has 1 aromatic rings. The molecule has 1 saturated heterocycles. The van der Waals surface area contributed by atoms with Crippen LogP contribution in [0.25, 0.3) is 6.08 Å². The summed E-state index contributed by atoms with van der Waals surface area (Å²) >= 11 is 0. The van der Waals surface area contributed by atoms with E-state index in [4.69, 9.17) is 5.73 Å². The Morgan fingerprint density at radius 1 is 1.41 bits per heavy atom. The van der Waals surface area contributed by atoms with Crippen molar-refractivity contribution in [1.29, 1.82) is 0 Å². The molecule has 17 heavy (non-hydrogen) atoms. The second-order valence-electron chi connectivity index (χ2n) is 4.45. The number of piperidine rings is 1. The number of rotatable bonds is 3. The highest BCUT2D eigenvalue weighted by Gasteiger charge is 2.25. The van der Waals surface area contributed by atoms with Gasteiger partial charge < -0.3 is 10.6 Å². The highest BCUT2D eigenvalue weighted by atomic mass is 16.2. The molecule has 0 bridgehead atoms. The SMILES string of the molecule is C=Cc1ccc(CN2CCCC(N)C2=O)cc1. The molecule has 0 aliphatic carbocycles. The average Bonchev–Trinajstić information content (AvgIpc) is 2.36. The van der Waals surface area contributed by atoms with Crippen LogP contribution in [-0.2, 0) is 11.3 Å². The highest BCUT2D eigenvalue weighted by Crippen LogP contribution is 2.14. The molecule has 1 fully saturated rings. The lowest BCUT2D eigenvalue weighted by Crippen LogP contribution is -2.47. The number of hydrogen-bond acceptors (Lipinski definition) is 2. The molecular weight excluding hydrogens is 212 g/mol. The van der Waals surface area contributed by atoms with Gasteiger partial charge in [-0.2, -0.15) is 0 Å². The summed E-state index contributed by atoms with van der Waals surface area (Å²) in [5, 5.41) is 0. The van der Waals surface area contributed by atoms with E-state index in [-0.39, 0.29) is 11.9 Å². The van der Waals surface area contributed by atoms with Gasteiger partial charge in [0.15, 0.2) is 0 Å². The zero-order valence-corrected chi connectivity index (χ0v) is 9.93. The minimum Gasteiger partial charge on any atom is -0.337 e. The van der Waals surface area contributed by atoms with E-state index in [1.54, 1.807) is 0 Å². The van der Waals surface area contributed by atoms with E-state index < -0.39 is 0 Å². The van der Waals surface area contributed by atoms with Crippen LogP contribution in [0.5, 0.6) is 0 Å². The van der Waals surface area contributed by atoms with E-state index in [0.29, 0.717) is 6.54 Å². The summed E-state index contributed by atoms with van der Waals surface area (Å²) in [6.45, 7) is 5.19.